The predicted octanol–water partition coefficient (Wildman–Crippen LogP) is 11.8. The van der Waals surface area contributed by atoms with Gasteiger partial charge in [0.2, 0.25) is 0 Å². The van der Waals surface area contributed by atoms with Crippen LogP contribution in [0.5, 0.6) is 0 Å². The second-order valence-electron chi connectivity index (χ2n) is 14.8. The van der Waals surface area contributed by atoms with E-state index in [4.69, 9.17) is 5.11 Å². The number of aromatic carboxylic acids is 1. The third-order valence-corrected chi connectivity index (χ3v) is 9.97. The molecule has 0 aliphatic rings. The second kappa shape index (κ2) is 18.9. The van der Waals surface area contributed by atoms with Crippen LogP contribution in [0.15, 0.2) is 134 Å². The fraction of sp³-hybridized carbons (Fsp3) is 0.174. The van der Waals surface area contributed by atoms with Crippen LogP contribution in [0.25, 0.3) is 33.3 Å². The molecule has 1 amide bonds. The third kappa shape index (κ3) is 11.5. The standard InChI is InChI=1S/C23H17F5N4O.C15H12F3N3.C8H7F2NO2/c1-22(24,25)20-8-5-15(12-29-20)21(33)31(2)17-9-10-32-19(11-17)18(13-30-32)14-3-6-16(7-4-14)23(26,27)28;1-19-12-6-7-21-14(8-12)13(9-20-21)10-2-4-11(5-3-10)15(16,17)18;1-8(9,10)6-3-2-5(4-11-6)7(12)13/h3-13H,1-2H3;2-9,19H,1H3;2-4H,1H3,(H,12,13). The molecule has 0 fully saturated rings. The average Bonchev–Trinajstić information content (AvgIpc) is 3.92. The minimum Gasteiger partial charge on any atom is -0.478 e. The molecule has 0 aliphatic heterocycles. The van der Waals surface area contributed by atoms with Crippen molar-refractivity contribution < 1.29 is 58.6 Å². The van der Waals surface area contributed by atoms with E-state index >= 15 is 0 Å². The van der Waals surface area contributed by atoms with Gasteiger partial charge in [0.05, 0.1) is 45.7 Å². The topological polar surface area (TPSA) is 130 Å². The lowest BCUT2D eigenvalue weighted by Crippen LogP contribution is -2.26. The number of hydrogen-bond acceptors (Lipinski definition) is 7. The number of hydrogen-bond donors (Lipinski definition) is 2. The zero-order valence-corrected chi connectivity index (χ0v) is 35.4. The van der Waals surface area contributed by atoms with Crippen molar-refractivity contribution in [1.82, 2.24) is 29.2 Å². The van der Waals surface area contributed by atoms with Crippen molar-refractivity contribution in [3.05, 3.63) is 168 Å². The van der Waals surface area contributed by atoms with E-state index in [0.717, 1.165) is 78.5 Å². The van der Waals surface area contributed by atoms with E-state index in [0.29, 0.717) is 34.8 Å². The van der Waals surface area contributed by atoms with Crippen molar-refractivity contribution in [2.75, 3.05) is 24.3 Å². The minimum absolute atomic E-state index is 0.104. The van der Waals surface area contributed by atoms with Crippen molar-refractivity contribution >= 4 is 34.3 Å². The number of nitrogens with one attached hydrogen (secondary N) is 1. The summed E-state index contributed by atoms with van der Waals surface area (Å²) in [7, 11) is 3.32. The summed E-state index contributed by atoms with van der Waals surface area (Å²) >= 11 is 0. The lowest BCUT2D eigenvalue weighted by atomic mass is 10.0. The molecule has 0 atom stereocenters. The largest absolute Gasteiger partial charge is 0.478 e. The molecular formula is C46H36F10N8O3. The van der Waals surface area contributed by atoms with Gasteiger partial charge in [0.1, 0.15) is 11.4 Å². The molecule has 348 valence electrons. The van der Waals surface area contributed by atoms with Crippen LogP contribution < -0.4 is 10.2 Å². The number of nitrogens with zero attached hydrogens (tertiary/aromatic N) is 7. The molecule has 8 aromatic rings. The van der Waals surface area contributed by atoms with Crippen molar-refractivity contribution in [2.45, 2.75) is 38.0 Å². The quantitative estimate of drug-likeness (QED) is 0.144. The number of carboxylic acid groups (broad SMARTS) is 1. The Labute approximate surface area is 374 Å². The predicted molar refractivity (Wildman–Crippen MR) is 228 cm³/mol. The van der Waals surface area contributed by atoms with Crippen molar-refractivity contribution in [3.8, 4) is 22.3 Å². The number of rotatable bonds is 8. The maximum absolute atomic E-state index is 13.4. The van der Waals surface area contributed by atoms with Gasteiger partial charge in [0.15, 0.2) is 0 Å². The zero-order chi connectivity index (χ0) is 49.1. The Balaban J connectivity index is 0.000000185. The number of aromatic nitrogens is 6. The normalized spacial score (nSPS) is 11.9. The van der Waals surface area contributed by atoms with E-state index in [2.05, 4.69) is 25.5 Å². The summed E-state index contributed by atoms with van der Waals surface area (Å²) in [5.41, 5.74) is 3.15. The molecule has 11 nitrogen and oxygen atoms in total. The maximum Gasteiger partial charge on any atom is 0.416 e. The Morgan fingerprint density at radius 2 is 1.01 bits per heavy atom. The SMILES string of the molecule is CC(F)(F)c1ccc(C(=O)O)cn1.CN(C(=O)c1ccc(C(C)(F)F)nc1)c1ccn2ncc(-c3ccc(C(F)(F)F)cc3)c2c1.CNc1ccn2ncc(-c3ccc(C(F)(F)F)cc3)c2c1. The first kappa shape index (κ1) is 48.6. The first-order valence-corrected chi connectivity index (χ1v) is 19.5. The van der Waals surface area contributed by atoms with E-state index in [1.165, 1.54) is 53.0 Å². The van der Waals surface area contributed by atoms with Crippen molar-refractivity contribution in [3.63, 3.8) is 0 Å². The van der Waals surface area contributed by atoms with Gasteiger partial charge in [-0.1, -0.05) is 24.3 Å². The van der Waals surface area contributed by atoms with Gasteiger partial charge < -0.3 is 15.3 Å². The molecule has 8 rings (SSSR count). The number of carbonyl (C=O) groups excluding carboxylic acids is 1. The molecule has 0 unspecified atom stereocenters. The summed E-state index contributed by atoms with van der Waals surface area (Å²) in [6.45, 7) is 1.42. The number of anilines is 2. The Morgan fingerprint density at radius 3 is 1.40 bits per heavy atom. The molecule has 0 spiro atoms. The molecule has 6 aromatic heterocycles. The highest BCUT2D eigenvalue weighted by atomic mass is 19.4. The molecule has 0 bridgehead atoms. The van der Waals surface area contributed by atoms with Crippen LogP contribution in [-0.4, -0.2) is 60.3 Å². The summed E-state index contributed by atoms with van der Waals surface area (Å²) < 4.78 is 131. The van der Waals surface area contributed by atoms with Gasteiger partial charge in [-0.3, -0.25) is 14.8 Å². The first-order valence-electron chi connectivity index (χ1n) is 19.5. The molecule has 0 radical (unpaired) electrons. The Bertz CT molecular complexity index is 2990. The van der Waals surface area contributed by atoms with Crippen LogP contribution in [0, 0.1) is 0 Å². The average molecular weight is 939 g/mol. The highest BCUT2D eigenvalue weighted by Gasteiger charge is 2.31. The number of fused-ring (bicyclic) bond motifs is 2. The number of halogens is 10. The van der Waals surface area contributed by atoms with Crippen LogP contribution in [0.4, 0.5) is 55.3 Å². The number of benzene rings is 2. The highest BCUT2D eigenvalue weighted by molar-refractivity contribution is 6.06. The van der Waals surface area contributed by atoms with Gasteiger partial charge in [-0.2, -0.15) is 54.1 Å². The van der Waals surface area contributed by atoms with Crippen LogP contribution in [-0.2, 0) is 24.2 Å². The van der Waals surface area contributed by atoms with E-state index in [-0.39, 0.29) is 11.1 Å². The van der Waals surface area contributed by atoms with Gasteiger partial charge in [-0.25, -0.2) is 13.8 Å². The van der Waals surface area contributed by atoms with Crippen LogP contribution in [0.2, 0.25) is 0 Å². The Morgan fingerprint density at radius 1 is 0.582 bits per heavy atom. The van der Waals surface area contributed by atoms with E-state index in [9.17, 15) is 53.5 Å². The van der Waals surface area contributed by atoms with Crippen LogP contribution in [0.3, 0.4) is 0 Å². The lowest BCUT2D eigenvalue weighted by Gasteiger charge is -2.18. The van der Waals surface area contributed by atoms with Gasteiger partial charge in [0.25, 0.3) is 17.8 Å². The molecular weight excluding hydrogens is 903 g/mol. The lowest BCUT2D eigenvalue weighted by molar-refractivity contribution is -0.138. The number of alkyl halides is 10. The first-order chi connectivity index (χ1) is 31.3. The summed E-state index contributed by atoms with van der Waals surface area (Å²) in [6, 6.07) is 21.4. The molecule has 0 saturated carbocycles. The molecule has 0 saturated heterocycles. The zero-order valence-electron chi connectivity index (χ0n) is 35.4. The molecule has 0 aliphatic carbocycles. The fourth-order valence-corrected chi connectivity index (χ4v) is 6.31. The fourth-order valence-electron chi connectivity index (χ4n) is 6.31. The van der Waals surface area contributed by atoms with E-state index < -0.39 is 58.6 Å². The summed E-state index contributed by atoms with van der Waals surface area (Å²) in [6.07, 6.45) is -0.162. The minimum atomic E-state index is -4.43. The van der Waals surface area contributed by atoms with E-state index in [1.807, 2.05) is 12.1 Å². The van der Waals surface area contributed by atoms with Gasteiger partial charge in [0, 0.05) is 75.2 Å². The number of carboxylic acids is 1. The summed E-state index contributed by atoms with van der Waals surface area (Å²) in [5, 5.41) is 19.9. The number of carbonyl (C=O) groups is 2. The third-order valence-electron chi connectivity index (χ3n) is 9.97. The molecule has 2 N–H and O–H groups in total. The number of amides is 1. The second-order valence-corrected chi connectivity index (χ2v) is 14.8. The van der Waals surface area contributed by atoms with Crippen LogP contribution in [0.1, 0.15) is 57.1 Å². The smallest absolute Gasteiger partial charge is 0.416 e. The van der Waals surface area contributed by atoms with E-state index in [1.54, 1.807) is 42.3 Å². The van der Waals surface area contributed by atoms with Gasteiger partial charge in [-0.05, 0) is 83.9 Å². The monoisotopic (exact) mass is 938 g/mol. The van der Waals surface area contributed by atoms with Crippen molar-refractivity contribution in [1.29, 1.82) is 0 Å². The summed E-state index contributed by atoms with van der Waals surface area (Å²) in [5.74, 6) is -7.79. The molecule has 67 heavy (non-hydrogen) atoms. The highest BCUT2D eigenvalue weighted by Crippen LogP contribution is 2.35. The Kier molecular flexibility index (Phi) is 13.7. The molecule has 2 aromatic carbocycles. The Hall–Kier alpha value is -7.84. The maximum atomic E-state index is 13.4. The number of pyridine rings is 4. The van der Waals surface area contributed by atoms with Crippen molar-refractivity contribution in [2.24, 2.45) is 0 Å². The van der Waals surface area contributed by atoms with Crippen LogP contribution >= 0.6 is 0 Å². The summed E-state index contributed by atoms with van der Waals surface area (Å²) in [4.78, 5) is 31.5. The molecule has 21 heteroatoms. The molecule has 6 heterocycles. The van der Waals surface area contributed by atoms with Gasteiger partial charge >= 0.3 is 18.3 Å². The van der Waals surface area contributed by atoms with Gasteiger partial charge in [-0.15, -0.1) is 0 Å².